The molecular formula is C14H16O4S3Se2. The van der Waals surface area contributed by atoms with Crippen molar-refractivity contribution in [3.63, 3.8) is 0 Å². The topological polar surface area (TPSA) is 52.6 Å². The second kappa shape index (κ2) is 11.4. The van der Waals surface area contributed by atoms with Crippen LogP contribution in [0.25, 0.3) is 0 Å². The molecule has 1 heterocycles. The Morgan fingerprint density at radius 1 is 1.04 bits per heavy atom. The SMILES string of the molecule is C=CC(=O)OC(C)S[Se]c1ccc([Se]SC(C)OC(=O)C=C)s1. The minimum absolute atomic E-state index is 0.177. The van der Waals surface area contributed by atoms with Crippen molar-refractivity contribution in [3.8, 4) is 0 Å². The van der Waals surface area contributed by atoms with Crippen LogP contribution < -0.4 is 7.55 Å². The molecule has 2 unspecified atom stereocenters. The average molecular weight is 502 g/mol. The summed E-state index contributed by atoms with van der Waals surface area (Å²) in [6.45, 7) is 10.5. The van der Waals surface area contributed by atoms with Crippen molar-refractivity contribution < 1.29 is 19.1 Å². The van der Waals surface area contributed by atoms with Gasteiger partial charge in [0.15, 0.2) is 0 Å². The zero-order valence-electron chi connectivity index (χ0n) is 12.6. The van der Waals surface area contributed by atoms with E-state index in [1.54, 1.807) is 31.7 Å². The standard InChI is InChI=1S/C14H16O4S3Se2/c1-5-11(15)17-9(3)20-22-13-7-8-14(19-13)23-21-10(4)18-12(16)6-2/h5-10H,1-2H2,3-4H3. The number of carbonyl (C=O) groups is 2. The Kier molecular flexibility index (Phi) is 10.4. The Labute approximate surface area is 159 Å². The molecule has 0 saturated carbocycles. The number of esters is 2. The van der Waals surface area contributed by atoms with Crippen LogP contribution in [0.3, 0.4) is 0 Å². The third kappa shape index (κ3) is 9.05. The summed E-state index contributed by atoms with van der Waals surface area (Å²) in [5.41, 5.74) is -0.353. The molecule has 1 aromatic rings. The summed E-state index contributed by atoms with van der Waals surface area (Å²) in [6, 6.07) is 4.22. The zero-order chi connectivity index (χ0) is 17.2. The van der Waals surface area contributed by atoms with E-state index in [1.165, 1.54) is 19.7 Å². The summed E-state index contributed by atoms with van der Waals surface area (Å²) in [5, 5.41) is 0. The van der Waals surface area contributed by atoms with Crippen LogP contribution in [0, 0.1) is 0 Å². The van der Waals surface area contributed by atoms with E-state index in [0.29, 0.717) is 0 Å². The van der Waals surface area contributed by atoms with Crippen LogP contribution in [-0.4, -0.2) is 50.5 Å². The van der Waals surface area contributed by atoms with Crippen LogP contribution in [0.2, 0.25) is 0 Å². The van der Waals surface area contributed by atoms with E-state index in [4.69, 9.17) is 9.47 Å². The van der Waals surface area contributed by atoms with Crippen molar-refractivity contribution in [1.82, 2.24) is 0 Å². The average Bonchev–Trinajstić information content (AvgIpc) is 2.98. The summed E-state index contributed by atoms with van der Waals surface area (Å²) in [7, 11) is 3.25. The van der Waals surface area contributed by atoms with Gasteiger partial charge in [0.25, 0.3) is 0 Å². The quantitative estimate of drug-likeness (QED) is 0.211. The molecule has 0 saturated heterocycles. The van der Waals surface area contributed by atoms with Crippen molar-refractivity contribution in [2.45, 2.75) is 24.7 Å². The molecule has 4 nitrogen and oxygen atoms in total. The third-order valence-corrected chi connectivity index (χ3v) is 14.3. The van der Waals surface area contributed by atoms with Crippen LogP contribution >= 0.6 is 31.7 Å². The van der Waals surface area contributed by atoms with E-state index in [1.807, 2.05) is 13.8 Å². The van der Waals surface area contributed by atoms with Crippen LogP contribution in [-0.2, 0) is 19.1 Å². The van der Waals surface area contributed by atoms with Gasteiger partial charge in [-0.2, -0.15) is 0 Å². The molecule has 0 N–H and O–H groups in total. The van der Waals surface area contributed by atoms with E-state index in [-0.39, 0.29) is 38.5 Å². The Hall–Kier alpha value is -0.141. The maximum atomic E-state index is 11.1. The molecule has 0 fully saturated rings. The Bertz CT molecular complexity index is 515. The normalized spacial score (nSPS) is 13.0. The van der Waals surface area contributed by atoms with Crippen LogP contribution in [0.1, 0.15) is 13.8 Å². The fourth-order valence-electron chi connectivity index (χ4n) is 1.09. The van der Waals surface area contributed by atoms with Crippen molar-refractivity contribution in [2.24, 2.45) is 0 Å². The molecule has 0 aliphatic rings. The second-order valence-electron chi connectivity index (χ2n) is 3.85. The Balaban J connectivity index is 2.34. The number of thiophene rings is 1. The van der Waals surface area contributed by atoms with E-state index >= 15 is 0 Å². The van der Waals surface area contributed by atoms with Gasteiger partial charge in [0.05, 0.1) is 0 Å². The Morgan fingerprint density at radius 3 is 1.78 bits per heavy atom. The molecule has 0 amide bonds. The molecule has 126 valence electrons. The van der Waals surface area contributed by atoms with Crippen LogP contribution in [0.4, 0.5) is 0 Å². The molecule has 0 radical (unpaired) electrons. The number of ether oxygens (including phenoxy) is 2. The summed E-state index contributed by atoms with van der Waals surface area (Å²) < 4.78 is 12.8. The van der Waals surface area contributed by atoms with Crippen molar-refractivity contribution >= 4 is 78.9 Å². The molecule has 9 heteroatoms. The first-order valence-electron chi connectivity index (χ1n) is 6.37. The molecular weight excluding hydrogens is 486 g/mol. The van der Waals surface area contributed by atoms with Gasteiger partial charge in [-0.25, -0.2) is 0 Å². The first-order valence-corrected chi connectivity index (χ1v) is 14.7. The first kappa shape index (κ1) is 20.9. The predicted octanol–water partition coefficient (Wildman–Crippen LogP) is 1.85. The summed E-state index contributed by atoms with van der Waals surface area (Å²) in [4.78, 5) is 22.2. The van der Waals surface area contributed by atoms with Gasteiger partial charge >= 0.3 is 160 Å². The van der Waals surface area contributed by atoms with Gasteiger partial charge in [0.2, 0.25) is 0 Å². The van der Waals surface area contributed by atoms with Gasteiger partial charge in [-0.1, -0.05) is 0 Å². The van der Waals surface area contributed by atoms with Gasteiger partial charge in [0, 0.05) is 0 Å². The monoisotopic (exact) mass is 504 g/mol. The van der Waals surface area contributed by atoms with Gasteiger partial charge in [-0.05, 0) is 0 Å². The summed E-state index contributed by atoms with van der Waals surface area (Å²) in [5.74, 6) is -0.786. The number of carbonyl (C=O) groups excluding carboxylic acids is 2. The number of rotatable bonds is 10. The second-order valence-corrected chi connectivity index (χ2v) is 14.5. The fraction of sp³-hybridized carbons (Fsp3) is 0.286. The number of hydrogen-bond acceptors (Lipinski definition) is 7. The fourth-order valence-corrected chi connectivity index (χ4v) is 11.5. The van der Waals surface area contributed by atoms with Gasteiger partial charge in [-0.3, -0.25) is 0 Å². The number of hydrogen-bond donors (Lipinski definition) is 0. The van der Waals surface area contributed by atoms with E-state index in [9.17, 15) is 9.59 Å². The van der Waals surface area contributed by atoms with Crippen molar-refractivity contribution in [2.75, 3.05) is 0 Å². The van der Waals surface area contributed by atoms with Crippen molar-refractivity contribution in [1.29, 1.82) is 0 Å². The molecule has 0 aliphatic carbocycles. The van der Waals surface area contributed by atoms with Gasteiger partial charge in [-0.15, -0.1) is 0 Å². The summed E-state index contributed by atoms with van der Waals surface area (Å²) >= 11 is 2.16. The molecule has 0 aromatic carbocycles. The minimum atomic E-state index is -0.393. The van der Waals surface area contributed by atoms with Gasteiger partial charge < -0.3 is 0 Å². The third-order valence-electron chi connectivity index (χ3n) is 1.99. The zero-order valence-corrected chi connectivity index (χ0v) is 18.4. The van der Waals surface area contributed by atoms with E-state index in [0.717, 1.165) is 0 Å². The van der Waals surface area contributed by atoms with E-state index in [2.05, 4.69) is 25.3 Å². The maximum absolute atomic E-state index is 11.1. The van der Waals surface area contributed by atoms with Crippen molar-refractivity contribution in [3.05, 3.63) is 37.4 Å². The molecule has 0 spiro atoms. The Morgan fingerprint density at radius 2 is 1.43 bits per heavy atom. The molecule has 2 atom stereocenters. The first-order chi connectivity index (χ1) is 10.9. The molecule has 23 heavy (non-hydrogen) atoms. The van der Waals surface area contributed by atoms with Gasteiger partial charge in [0.1, 0.15) is 0 Å². The van der Waals surface area contributed by atoms with Crippen LogP contribution in [0.5, 0.6) is 0 Å². The molecule has 1 rings (SSSR count). The molecule has 0 aliphatic heterocycles. The summed E-state index contributed by atoms with van der Waals surface area (Å²) in [6.07, 6.45) is 2.35. The predicted molar refractivity (Wildman–Crippen MR) is 102 cm³/mol. The molecule has 0 bridgehead atoms. The van der Waals surface area contributed by atoms with E-state index < -0.39 is 11.9 Å². The van der Waals surface area contributed by atoms with Crippen LogP contribution in [0.15, 0.2) is 37.4 Å². The molecule has 1 aromatic heterocycles.